The summed E-state index contributed by atoms with van der Waals surface area (Å²) in [6.45, 7) is 8.90. The van der Waals surface area contributed by atoms with Crippen LogP contribution in [0.2, 0.25) is 0 Å². The molecule has 0 N–H and O–H groups in total. The number of nitrogens with zero attached hydrogens (tertiary/aromatic N) is 1. The van der Waals surface area contributed by atoms with Crippen LogP contribution in [0, 0.1) is 0 Å². The van der Waals surface area contributed by atoms with Crippen LogP contribution >= 0.6 is 0 Å². The van der Waals surface area contributed by atoms with Gasteiger partial charge in [-0.15, -0.1) is 0 Å². The predicted octanol–water partition coefficient (Wildman–Crippen LogP) is 1.26. The molecule has 2 rings (SSSR count). The normalized spacial score (nSPS) is 38.5. The van der Waals surface area contributed by atoms with Crippen LogP contribution in [0.15, 0.2) is 0 Å². The number of morpholine rings is 1. The van der Waals surface area contributed by atoms with Crippen LogP contribution in [0.3, 0.4) is 0 Å². The predicted molar refractivity (Wildman–Crippen MR) is 44.6 cm³/mol. The van der Waals surface area contributed by atoms with E-state index in [-0.39, 0.29) is 0 Å². The van der Waals surface area contributed by atoms with Gasteiger partial charge in [-0.05, 0) is 27.2 Å². The summed E-state index contributed by atoms with van der Waals surface area (Å²) in [5.41, 5.74) is 0.337. The van der Waals surface area contributed by atoms with Crippen LogP contribution in [-0.4, -0.2) is 35.7 Å². The van der Waals surface area contributed by atoms with Gasteiger partial charge in [0.05, 0.1) is 12.7 Å². The van der Waals surface area contributed by atoms with Gasteiger partial charge in [0.25, 0.3) is 0 Å². The van der Waals surface area contributed by atoms with E-state index < -0.39 is 0 Å². The molecule has 0 aromatic carbocycles. The van der Waals surface area contributed by atoms with E-state index in [1.807, 2.05) is 0 Å². The van der Waals surface area contributed by atoms with Crippen molar-refractivity contribution < 1.29 is 4.74 Å². The van der Waals surface area contributed by atoms with Crippen molar-refractivity contribution in [3.8, 4) is 0 Å². The molecule has 1 aliphatic heterocycles. The standard InChI is InChI=1S/C9H17NO/c1-9(2,3)10-4-5-11-8-6-7(8)10/h7-8H,4-6H2,1-3H3/t7-,8+/m0/s1. The zero-order valence-electron chi connectivity index (χ0n) is 7.63. The molecule has 2 aliphatic rings. The Labute approximate surface area is 68.5 Å². The van der Waals surface area contributed by atoms with Crippen molar-refractivity contribution in [1.29, 1.82) is 0 Å². The van der Waals surface area contributed by atoms with Gasteiger partial charge >= 0.3 is 0 Å². The lowest BCUT2D eigenvalue weighted by Gasteiger charge is -2.38. The summed E-state index contributed by atoms with van der Waals surface area (Å²) in [7, 11) is 0. The van der Waals surface area contributed by atoms with E-state index in [4.69, 9.17) is 4.74 Å². The quantitative estimate of drug-likeness (QED) is 0.522. The fraction of sp³-hybridized carbons (Fsp3) is 1.00. The molecule has 2 heteroatoms. The third kappa shape index (κ3) is 1.30. The first kappa shape index (κ1) is 7.56. The van der Waals surface area contributed by atoms with Crippen LogP contribution in [0.25, 0.3) is 0 Å². The number of hydrogen-bond acceptors (Lipinski definition) is 2. The summed E-state index contributed by atoms with van der Waals surface area (Å²) < 4.78 is 5.54. The molecule has 1 aliphatic carbocycles. The molecule has 2 nitrogen and oxygen atoms in total. The topological polar surface area (TPSA) is 12.5 Å². The molecule has 0 amide bonds. The van der Waals surface area contributed by atoms with Gasteiger partial charge in [-0.25, -0.2) is 0 Å². The van der Waals surface area contributed by atoms with Gasteiger partial charge in [0.1, 0.15) is 0 Å². The maximum absolute atomic E-state index is 5.54. The Kier molecular flexibility index (Phi) is 1.52. The van der Waals surface area contributed by atoms with Gasteiger partial charge in [-0.1, -0.05) is 0 Å². The lowest BCUT2D eigenvalue weighted by atomic mass is 10.1. The van der Waals surface area contributed by atoms with Crippen LogP contribution in [0.5, 0.6) is 0 Å². The highest BCUT2D eigenvalue weighted by atomic mass is 16.5. The van der Waals surface area contributed by atoms with Crippen molar-refractivity contribution in [3.63, 3.8) is 0 Å². The van der Waals surface area contributed by atoms with E-state index in [0.717, 1.165) is 19.2 Å². The monoisotopic (exact) mass is 155 g/mol. The third-order valence-electron chi connectivity index (χ3n) is 2.63. The molecule has 1 heterocycles. The first-order chi connectivity index (χ1) is 5.09. The molecule has 0 bridgehead atoms. The number of rotatable bonds is 0. The van der Waals surface area contributed by atoms with Gasteiger partial charge in [-0.3, -0.25) is 4.90 Å². The van der Waals surface area contributed by atoms with E-state index in [1.54, 1.807) is 0 Å². The summed E-state index contributed by atoms with van der Waals surface area (Å²) in [6, 6.07) is 0.740. The Morgan fingerprint density at radius 3 is 2.64 bits per heavy atom. The molecule has 0 radical (unpaired) electrons. The lowest BCUT2D eigenvalue weighted by Crippen LogP contribution is -2.48. The Morgan fingerprint density at radius 2 is 2.09 bits per heavy atom. The molecule has 1 saturated heterocycles. The Hall–Kier alpha value is -0.0800. The highest BCUT2D eigenvalue weighted by Gasteiger charge is 2.48. The second kappa shape index (κ2) is 2.20. The number of ether oxygens (including phenoxy) is 1. The van der Waals surface area contributed by atoms with Crippen molar-refractivity contribution in [2.45, 2.75) is 44.9 Å². The van der Waals surface area contributed by atoms with E-state index in [1.165, 1.54) is 6.42 Å². The molecule has 0 spiro atoms. The maximum atomic E-state index is 5.54. The molecule has 11 heavy (non-hydrogen) atoms. The van der Waals surface area contributed by atoms with Gasteiger partial charge < -0.3 is 4.74 Å². The molecule has 1 saturated carbocycles. The summed E-state index contributed by atoms with van der Waals surface area (Å²) >= 11 is 0. The van der Waals surface area contributed by atoms with Gasteiger partial charge in [0.15, 0.2) is 0 Å². The first-order valence-corrected chi connectivity index (χ1v) is 4.47. The van der Waals surface area contributed by atoms with Crippen LogP contribution < -0.4 is 0 Å². The second-order valence-corrected chi connectivity index (χ2v) is 4.58. The van der Waals surface area contributed by atoms with Crippen molar-refractivity contribution in [1.82, 2.24) is 4.90 Å². The third-order valence-corrected chi connectivity index (χ3v) is 2.63. The Morgan fingerprint density at radius 1 is 1.36 bits per heavy atom. The van der Waals surface area contributed by atoms with Gasteiger partial charge in [0, 0.05) is 18.1 Å². The fourth-order valence-corrected chi connectivity index (χ4v) is 1.97. The average Bonchev–Trinajstić information content (AvgIpc) is 2.60. The van der Waals surface area contributed by atoms with E-state index in [2.05, 4.69) is 25.7 Å². The average molecular weight is 155 g/mol. The van der Waals surface area contributed by atoms with Gasteiger partial charge in [0.2, 0.25) is 0 Å². The molecule has 2 atom stereocenters. The number of hydrogen-bond donors (Lipinski definition) is 0. The Balaban J connectivity index is 2.03. The highest BCUT2D eigenvalue weighted by Crippen LogP contribution is 2.38. The Bertz CT molecular complexity index is 161. The minimum atomic E-state index is 0.337. The van der Waals surface area contributed by atoms with Crippen molar-refractivity contribution in [2.75, 3.05) is 13.2 Å². The zero-order valence-corrected chi connectivity index (χ0v) is 7.63. The molecular weight excluding hydrogens is 138 g/mol. The zero-order chi connectivity index (χ0) is 8.06. The minimum Gasteiger partial charge on any atom is -0.375 e. The molecular formula is C9H17NO. The summed E-state index contributed by atoms with van der Waals surface area (Å²) in [5.74, 6) is 0. The van der Waals surface area contributed by atoms with Crippen LogP contribution in [0.4, 0.5) is 0 Å². The van der Waals surface area contributed by atoms with Crippen molar-refractivity contribution in [2.24, 2.45) is 0 Å². The maximum Gasteiger partial charge on any atom is 0.0748 e. The van der Waals surface area contributed by atoms with Crippen molar-refractivity contribution in [3.05, 3.63) is 0 Å². The fourth-order valence-electron chi connectivity index (χ4n) is 1.97. The SMILES string of the molecule is CC(C)(C)N1CCO[C@@H]2C[C@@H]21. The molecule has 64 valence electrons. The van der Waals surface area contributed by atoms with E-state index in [9.17, 15) is 0 Å². The first-order valence-electron chi connectivity index (χ1n) is 4.47. The van der Waals surface area contributed by atoms with Crippen LogP contribution in [0.1, 0.15) is 27.2 Å². The van der Waals surface area contributed by atoms with Gasteiger partial charge in [-0.2, -0.15) is 0 Å². The summed E-state index contributed by atoms with van der Waals surface area (Å²) in [5, 5.41) is 0. The molecule has 2 fully saturated rings. The lowest BCUT2D eigenvalue weighted by molar-refractivity contribution is -0.00798. The summed E-state index contributed by atoms with van der Waals surface area (Å²) in [6.07, 6.45) is 1.83. The molecule has 0 unspecified atom stereocenters. The number of fused-ring (bicyclic) bond motifs is 1. The molecule has 0 aromatic rings. The summed E-state index contributed by atoms with van der Waals surface area (Å²) in [4.78, 5) is 2.57. The largest absolute Gasteiger partial charge is 0.375 e. The van der Waals surface area contributed by atoms with E-state index in [0.29, 0.717) is 11.6 Å². The van der Waals surface area contributed by atoms with Crippen LogP contribution in [-0.2, 0) is 4.74 Å². The second-order valence-electron chi connectivity index (χ2n) is 4.58. The van der Waals surface area contributed by atoms with Crippen molar-refractivity contribution >= 4 is 0 Å². The molecule has 0 aromatic heterocycles. The smallest absolute Gasteiger partial charge is 0.0748 e. The minimum absolute atomic E-state index is 0.337. The highest BCUT2D eigenvalue weighted by molar-refractivity contribution is 5.02. The van der Waals surface area contributed by atoms with E-state index >= 15 is 0 Å².